The summed E-state index contributed by atoms with van der Waals surface area (Å²) in [7, 11) is 0. The van der Waals surface area contributed by atoms with Crippen LogP contribution in [0.15, 0.2) is 0 Å². The van der Waals surface area contributed by atoms with E-state index in [1.165, 1.54) is 0 Å². The van der Waals surface area contributed by atoms with Gasteiger partial charge in [-0.05, 0) is 0 Å². The van der Waals surface area contributed by atoms with E-state index in [9.17, 15) is 4.79 Å². The molecular formula is C10H19NO3. The highest BCUT2D eigenvalue weighted by atomic mass is 16.6. The predicted molar refractivity (Wildman–Crippen MR) is 53.0 cm³/mol. The highest BCUT2D eigenvalue weighted by molar-refractivity contribution is 5.81. The van der Waals surface area contributed by atoms with Gasteiger partial charge in [0.1, 0.15) is 0 Å². The lowest BCUT2D eigenvalue weighted by Gasteiger charge is -2.25. The fourth-order valence-electron chi connectivity index (χ4n) is 1.13. The first-order valence-electron chi connectivity index (χ1n) is 4.98. The summed E-state index contributed by atoms with van der Waals surface area (Å²) in [5.41, 5.74) is -0.338. The van der Waals surface area contributed by atoms with E-state index in [2.05, 4.69) is 5.32 Å². The third-order valence-electron chi connectivity index (χ3n) is 2.06. The van der Waals surface area contributed by atoms with E-state index in [-0.39, 0.29) is 17.4 Å². The minimum Gasteiger partial charge on any atom is -0.376 e. The molecule has 1 rings (SSSR count). The highest BCUT2D eigenvalue weighted by Gasteiger charge is 2.22. The second-order valence-corrected chi connectivity index (χ2v) is 4.53. The molecule has 1 aliphatic heterocycles. The quantitative estimate of drug-likeness (QED) is 0.710. The van der Waals surface area contributed by atoms with E-state index in [1.807, 2.05) is 20.8 Å². The largest absolute Gasteiger partial charge is 0.376 e. The molecule has 82 valence electrons. The van der Waals surface area contributed by atoms with Crippen LogP contribution in [0.25, 0.3) is 0 Å². The summed E-state index contributed by atoms with van der Waals surface area (Å²) in [4.78, 5) is 11.5. The molecular weight excluding hydrogens is 182 g/mol. The van der Waals surface area contributed by atoms with Gasteiger partial charge in [-0.15, -0.1) is 0 Å². The predicted octanol–water partition coefficient (Wildman–Crippen LogP) is 0.564. The van der Waals surface area contributed by atoms with Gasteiger partial charge in [-0.1, -0.05) is 20.8 Å². The van der Waals surface area contributed by atoms with Gasteiger partial charge in [0.05, 0.1) is 25.9 Å². The summed E-state index contributed by atoms with van der Waals surface area (Å²) >= 11 is 0. The van der Waals surface area contributed by atoms with Crippen LogP contribution in [-0.4, -0.2) is 38.4 Å². The molecule has 0 aromatic carbocycles. The van der Waals surface area contributed by atoms with Gasteiger partial charge < -0.3 is 14.8 Å². The van der Waals surface area contributed by atoms with Gasteiger partial charge in [-0.2, -0.15) is 0 Å². The van der Waals surface area contributed by atoms with Gasteiger partial charge in [0, 0.05) is 12.0 Å². The number of ether oxygens (including phenoxy) is 2. The van der Waals surface area contributed by atoms with Crippen molar-refractivity contribution in [1.29, 1.82) is 0 Å². The Morgan fingerprint density at radius 1 is 1.43 bits per heavy atom. The maximum absolute atomic E-state index is 11.5. The number of carbonyl (C=O) groups excluding carboxylic acids is 1. The summed E-state index contributed by atoms with van der Waals surface area (Å²) in [6.07, 6.45) is 0.00931. The van der Waals surface area contributed by atoms with Crippen molar-refractivity contribution in [3.05, 3.63) is 0 Å². The zero-order valence-corrected chi connectivity index (χ0v) is 9.13. The van der Waals surface area contributed by atoms with E-state index in [0.717, 1.165) is 0 Å². The van der Waals surface area contributed by atoms with E-state index in [0.29, 0.717) is 26.4 Å². The van der Waals surface area contributed by atoms with Crippen LogP contribution < -0.4 is 5.32 Å². The molecule has 1 aliphatic rings. The summed E-state index contributed by atoms with van der Waals surface area (Å²) in [5.74, 6) is 0.0478. The molecule has 1 fully saturated rings. The summed E-state index contributed by atoms with van der Waals surface area (Å²) in [5, 5.41) is 2.85. The first-order valence-corrected chi connectivity index (χ1v) is 4.98. The fourth-order valence-corrected chi connectivity index (χ4v) is 1.13. The summed E-state index contributed by atoms with van der Waals surface area (Å²) in [6, 6.07) is 0. The lowest BCUT2D eigenvalue weighted by atomic mass is 9.96. The zero-order chi connectivity index (χ0) is 10.6. The topological polar surface area (TPSA) is 47.6 Å². The maximum atomic E-state index is 11.5. The van der Waals surface area contributed by atoms with Crippen LogP contribution in [-0.2, 0) is 14.3 Å². The SMILES string of the molecule is CC(C)(C)C(=O)NCC1COCCO1. The van der Waals surface area contributed by atoms with Crippen molar-refractivity contribution in [2.24, 2.45) is 5.41 Å². The number of carbonyl (C=O) groups is 1. The van der Waals surface area contributed by atoms with Crippen molar-refractivity contribution < 1.29 is 14.3 Å². The molecule has 0 aliphatic carbocycles. The molecule has 4 heteroatoms. The summed E-state index contributed by atoms with van der Waals surface area (Å²) in [6.45, 7) is 8.06. The van der Waals surface area contributed by atoms with Gasteiger partial charge in [-0.25, -0.2) is 0 Å². The van der Waals surface area contributed by atoms with Crippen LogP contribution in [0.3, 0.4) is 0 Å². The van der Waals surface area contributed by atoms with Crippen molar-refractivity contribution in [2.45, 2.75) is 26.9 Å². The van der Waals surface area contributed by atoms with E-state index in [4.69, 9.17) is 9.47 Å². The highest BCUT2D eigenvalue weighted by Crippen LogP contribution is 2.12. The lowest BCUT2D eigenvalue weighted by molar-refractivity contribution is -0.131. The summed E-state index contributed by atoms with van der Waals surface area (Å²) < 4.78 is 10.6. The van der Waals surface area contributed by atoms with Gasteiger partial charge >= 0.3 is 0 Å². The third kappa shape index (κ3) is 3.64. The molecule has 0 spiro atoms. The molecule has 1 N–H and O–H groups in total. The Morgan fingerprint density at radius 2 is 2.14 bits per heavy atom. The lowest BCUT2D eigenvalue weighted by Crippen LogP contribution is -2.43. The molecule has 1 heterocycles. The number of hydrogen-bond acceptors (Lipinski definition) is 3. The monoisotopic (exact) mass is 201 g/mol. The van der Waals surface area contributed by atoms with Crippen LogP contribution in [0.2, 0.25) is 0 Å². The van der Waals surface area contributed by atoms with Crippen LogP contribution in [0.4, 0.5) is 0 Å². The Kier molecular flexibility index (Phi) is 3.89. The molecule has 0 radical (unpaired) electrons. The molecule has 0 saturated carbocycles. The minimum atomic E-state index is -0.338. The average molecular weight is 201 g/mol. The zero-order valence-electron chi connectivity index (χ0n) is 9.13. The Morgan fingerprint density at radius 3 is 2.64 bits per heavy atom. The minimum absolute atomic E-state index is 0.00931. The second kappa shape index (κ2) is 4.75. The molecule has 1 amide bonds. The maximum Gasteiger partial charge on any atom is 0.225 e. The Bertz CT molecular complexity index is 192. The van der Waals surface area contributed by atoms with Crippen molar-refractivity contribution >= 4 is 5.91 Å². The van der Waals surface area contributed by atoms with Crippen LogP contribution in [0.1, 0.15) is 20.8 Å². The van der Waals surface area contributed by atoms with Crippen molar-refractivity contribution in [1.82, 2.24) is 5.32 Å². The van der Waals surface area contributed by atoms with Crippen LogP contribution in [0, 0.1) is 5.41 Å². The first kappa shape index (κ1) is 11.5. The first-order chi connectivity index (χ1) is 6.50. The Balaban J connectivity index is 2.22. The number of amides is 1. The molecule has 0 bridgehead atoms. The second-order valence-electron chi connectivity index (χ2n) is 4.53. The molecule has 1 atom stereocenters. The van der Waals surface area contributed by atoms with E-state index < -0.39 is 0 Å². The molecule has 0 aromatic heterocycles. The molecule has 4 nitrogen and oxygen atoms in total. The van der Waals surface area contributed by atoms with Crippen molar-refractivity contribution in [3.63, 3.8) is 0 Å². The standard InChI is InChI=1S/C10H19NO3/c1-10(2,3)9(12)11-6-8-7-13-4-5-14-8/h8H,4-7H2,1-3H3,(H,11,12). The third-order valence-corrected chi connectivity index (χ3v) is 2.06. The molecule has 14 heavy (non-hydrogen) atoms. The van der Waals surface area contributed by atoms with Crippen LogP contribution >= 0.6 is 0 Å². The molecule has 1 unspecified atom stereocenters. The van der Waals surface area contributed by atoms with E-state index >= 15 is 0 Å². The number of nitrogens with one attached hydrogen (secondary N) is 1. The number of hydrogen-bond donors (Lipinski definition) is 1. The van der Waals surface area contributed by atoms with Crippen LogP contribution in [0.5, 0.6) is 0 Å². The van der Waals surface area contributed by atoms with Gasteiger partial charge in [0.15, 0.2) is 0 Å². The fraction of sp³-hybridized carbons (Fsp3) is 0.900. The Labute approximate surface area is 85.0 Å². The molecule has 1 saturated heterocycles. The molecule has 0 aromatic rings. The van der Waals surface area contributed by atoms with Crippen molar-refractivity contribution in [2.75, 3.05) is 26.4 Å². The van der Waals surface area contributed by atoms with Gasteiger partial charge in [0.2, 0.25) is 5.91 Å². The van der Waals surface area contributed by atoms with Gasteiger partial charge in [-0.3, -0.25) is 4.79 Å². The van der Waals surface area contributed by atoms with E-state index in [1.54, 1.807) is 0 Å². The average Bonchev–Trinajstić information content (AvgIpc) is 2.14. The normalized spacial score (nSPS) is 23.2. The van der Waals surface area contributed by atoms with Gasteiger partial charge in [0.25, 0.3) is 0 Å². The Hall–Kier alpha value is -0.610. The number of rotatable bonds is 2. The smallest absolute Gasteiger partial charge is 0.225 e. The van der Waals surface area contributed by atoms with Crippen molar-refractivity contribution in [3.8, 4) is 0 Å².